The lowest BCUT2D eigenvalue weighted by molar-refractivity contribution is -0.141. The molecule has 0 spiro atoms. The van der Waals surface area contributed by atoms with Crippen LogP contribution in [-0.2, 0) is 14.3 Å². The standard InChI is InChI=1S/C20H27NO5/c1-24-17-10-8-15(14-18(17)25-2)9-11-19(22)21(13-12-20(23)26-3)16-6-4-5-7-16/h8-11,14,16H,4-7,12-13H2,1-3H3/b11-9+. The molecule has 1 fully saturated rings. The van der Waals surface area contributed by atoms with Crippen molar-refractivity contribution in [2.24, 2.45) is 0 Å². The molecule has 6 nitrogen and oxygen atoms in total. The maximum absolute atomic E-state index is 12.7. The van der Waals surface area contributed by atoms with Gasteiger partial charge in [-0.2, -0.15) is 0 Å². The molecule has 1 aromatic carbocycles. The number of benzene rings is 1. The van der Waals surface area contributed by atoms with Gasteiger partial charge in [0, 0.05) is 18.7 Å². The summed E-state index contributed by atoms with van der Waals surface area (Å²) < 4.78 is 15.2. The van der Waals surface area contributed by atoms with E-state index in [0.717, 1.165) is 31.2 Å². The average molecular weight is 361 g/mol. The van der Waals surface area contributed by atoms with Crippen LogP contribution in [0.2, 0.25) is 0 Å². The third kappa shape index (κ3) is 5.25. The fourth-order valence-electron chi connectivity index (χ4n) is 3.22. The Hall–Kier alpha value is -2.50. The van der Waals surface area contributed by atoms with Crippen LogP contribution < -0.4 is 9.47 Å². The maximum Gasteiger partial charge on any atom is 0.307 e. The lowest BCUT2D eigenvalue weighted by Crippen LogP contribution is -2.39. The molecule has 2 rings (SSSR count). The fraction of sp³-hybridized carbons (Fsp3) is 0.500. The molecule has 0 unspecified atom stereocenters. The molecule has 1 aliphatic carbocycles. The number of esters is 1. The van der Waals surface area contributed by atoms with Crippen molar-refractivity contribution in [1.82, 2.24) is 4.90 Å². The third-order valence-electron chi connectivity index (χ3n) is 4.66. The number of hydrogen-bond acceptors (Lipinski definition) is 5. The number of rotatable bonds is 8. The van der Waals surface area contributed by atoms with Gasteiger partial charge < -0.3 is 19.1 Å². The topological polar surface area (TPSA) is 65.1 Å². The zero-order chi connectivity index (χ0) is 18.9. The van der Waals surface area contributed by atoms with Crippen molar-refractivity contribution in [3.63, 3.8) is 0 Å². The second kappa shape index (κ2) is 9.85. The highest BCUT2D eigenvalue weighted by atomic mass is 16.5. The summed E-state index contributed by atoms with van der Waals surface area (Å²) in [6.07, 6.45) is 7.72. The van der Waals surface area contributed by atoms with Gasteiger partial charge in [-0.1, -0.05) is 18.9 Å². The van der Waals surface area contributed by atoms with E-state index in [1.54, 1.807) is 37.3 Å². The average Bonchev–Trinajstić information content (AvgIpc) is 3.20. The van der Waals surface area contributed by atoms with E-state index >= 15 is 0 Å². The van der Waals surface area contributed by atoms with Gasteiger partial charge in [-0.3, -0.25) is 9.59 Å². The molecular weight excluding hydrogens is 334 g/mol. The number of methoxy groups -OCH3 is 3. The number of ether oxygens (including phenoxy) is 3. The quantitative estimate of drug-likeness (QED) is 0.526. The Morgan fingerprint density at radius 2 is 1.81 bits per heavy atom. The highest BCUT2D eigenvalue weighted by molar-refractivity contribution is 5.92. The Morgan fingerprint density at radius 1 is 1.12 bits per heavy atom. The van der Waals surface area contributed by atoms with Crippen molar-refractivity contribution in [3.8, 4) is 11.5 Å². The van der Waals surface area contributed by atoms with Crippen LogP contribution in [0.25, 0.3) is 6.08 Å². The summed E-state index contributed by atoms with van der Waals surface area (Å²) in [6.45, 7) is 0.381. The largest absolute Gasteiger partial charge is 0.493 e. The van der Waals surface area contributed by atoms with Gasteiger partial charge in [0.1, 0.15) is 0 Å². The highest BCUT2D eigenvalue weighted by Gasteiger charge is 2.25. The van der Waals surface area contributed by atoms with Gasteiger partial charge >= 0.3 is 5.97 Å². The second-order valence-corrected chi connectivity index (χ2v) is 6.24. The van der Waals surface area contributed by atoms with E-state index in [9.17, 15) is 9.59 Å². The van der Waals surface area contributed by atoms with Gasteiger partial charge in [0.15, 0.2) is 11.5 Å². The first-order chi connectivity index (χ1) is 12.6. The molecule has 6 heteroatoms. The highest BCUT2D eigenvalue weighted by Crippen LogP contribution is 2.28. The number of hydrogen-bond donors (Lipinski definition) is 0. The van der Waals surface area contributed by atoms with Crippen LogP contribution in [0.15, 0.2) is 24.3 Å². The van der Waals surface area contributed by atoms with E-state index in [1.165, 1.54) is 7.11 Å². The fourth-order valence-corrected chi connectivity index (χ4v) is 3.22. The van der Waals surface area contributed by atoms with Gasteiger partial charge in [-0.15, -0.1) is 0 Å². The predicted octanol–water partition coefficient (Wildman–Crippen LogP) is 3.05. The number of amides is 1. The SMILES string of the molecule is COC(=O)CCN(C(=O)/C=C/c1ccc(OC)c(OC)c1)C1CCCC1. The molecule has 1 saturated carbocycles. The van der Waals surface area contributed by atoms with Crippen LogP contribution in [0.4, 0.5) is 0 Å². The van der Waals surface area contributed by atoms with E-state index in [4.69, 9.17) is 14.2 Å². The van der Waals surface area contributed by atoms with E-state index in [0.29, 0.717) is 18.0 Å². The maximum atomic E-state index is 12.7. The predicted molar refractivity (Wildman–Crippen MR) is 99.2 cm³/mol. The first-order valence-electron chi connectivity index (χ1n) is 8.86. The van der Waals surface area contributed by atoms with Gasteiger partial charge in [0.05, 0.1) is 27.8 Å². The summed E-state index contributed by atoms with van der Waals surface area (Å²) in [4.78, 5) is 26.0. The molecule has 26 heavy (non-hydrogen) atoms. The zero-order valence-electron chi connectivity index (χ0n) is 15.7. The number of nitrogens with zero attached hydrogens (tertiary/aromatic N) is 1. The molecule has 0 N–H and O–H groups in total. The second-order valence-electron chi connectivity index (χ2n) is 6.24. The van der Waals surface area contributed by atoms with Crippen LogP contribution in [0.5, 0.6) is 11.5 Å². The number of carbonyl (C=O) groups excluding carboxylic acids is 2. The monoisotopic (exact) mass is 361 g/mol. The Kier molecular flexibility index (Phi) is 7.51. The molecule has 1 amide bonds. The summed E-state index contributed by atoms with van der Waals surface area (Å²) >= 11 is 0. The molecule has 0 saturated heterocycles. The van der Waals surface area contributed by atoms with Crippen LogP contribution in [0.1, 0.15) is 37.7 Å². The molecule has 1 aromatic rings. The lowest BCUT2D eigenvalue weighted by Gasteiger charge is -2.27. The molecule has 0 radical (unpaired) electrons. The summed E-state index contributed by atoms with van der Waals surface area (Å²) in [7, 11) is 4.52. The summed E-state index contributed by atoms with van der Waals surface area (Å²) in [6, 6.07) is 5.67. The van der Waals surface area contributed by atoms with Crippen LogP contribution >= 0.6 is 0 Å². The Labute approximate surface area is 154 Å². The van der Waals surface area contributed by atoms with E-state index < -0.39 is 0 Å². The molecule has 142 valence electrons. The first kappa shape index (κ1) is 19.8. The van der Waals surface area contributed by atoms with Crippen molar-refractivity contribution >= 4 is 18.0 Å². The van der Waals surface area contributed by atoms with Crippen molar-refractivity contribution in [2.75, 3.05) is 27.9 Å². The summed E-state index contributed by atoms with van der Waals surface area (Å²) in [5, 5.41) is 0. The van der Waals surface area contributed by atoms with Crippen molar-refractivity contribution < 1.29 is 23.8 Å². The molecule has 1 aliphatic rings. The van der Waals surface area contributed by atoms with Crippen molar-refractivity contribution in [3.05, 3.63) is 29.8 Å². The normalized spacial score (nSPS) is 14.4. The van der Waals surface area contributed by atoms with E-state index in [-0.39, 0.29) is 24.3 Å². The summed E-state index contributed by atoms with van der Waals surface area (Å²) in [5.74, 6) is 0.863. The smallest absolute Gasteiger partial charge is 0.307 e. The van der Waals surface area contributed by atoms with Crippen LogP contribution in [-0.4, -0.2) is 50.7 Å². The van der Waals surface area contributed by atoms with E-state index in [1.807, 2.05) is 12.1 Å². The molecule has 0 heterocycles. The Balaban J connectivity index is 2.09. The van der Waals surface area contributed by atoms with Crippen molar-refractivity contribution in [1.29, 1.82) is 0 Å². The number of carbonyl (C=O) groups is 2. The zero-order valence-corrected chi connectivity index (χ0v) is 15.7. The minimum absolute atomic E-state index is 0.0874. The van der Waals surface area contributed by atoms with Gasteiger partial charge in [0.25, 0.3) is 0 Å². The third-order valence-corrected chi connectivity index (χ3v) is 4.66. The Morgan fingerprint density at radius 3 is 2.42 bits per heavy atom. The van der Waals surface area contributed by atoms with Gasteiger partial charge in [-0.05, 0) is 36.6 Å². The minimum atomic E-state index is -0.301. The molecule has 0 bridgehead atoms. The Bertz CT molecular complexity index is 650. The first-order valence-corrected chi connectivity index (χ1v) is 8.86. The van der Waals surface area contributed by atoms with Gasteiger partial charge in [0.2, 0.25) is 5.91 Å². The summed E-state index contributed by atoms with van der Waals surface area (Å²) in [5.41, 5.74) is 0.843. The lowest BCUT2D eigenvalue weighted by atomic mass is 10.1. The van der Waals surface area contributed by atoms with Crippen LogP contribution in [0, 0.1) is 0 Å². The molecule has 0 atom stereocenters. The van der Waals surface area contributed by atoms with Crippen molar-refractivity contribution in [2.45, 2.75) is 38.1 Å². The van der Waals surface area contributed by atoms with E-state index in [2.05, 4.69) is 0 Å². The van der Waals surface area contributed by atoms with Crippen LogP contribution in [0.3, 0.4) is 0 Å². The molecular formula is C20H27NO5. The minimum Gasteiger partial charge on any atom is -0.493 e. The molecule has 0 aliphatic heterocycles. The molecule has 0 aromatic heterocycles. The van der Waals surface area contributed by atoms with Gasteiger partial charge in [-0.25, -0.2) is 0 Å².